The highest BCUT2D eigenvalue weighted by atomic mass is 16.3. The quantitative estimate of drug-likeness (QED) is 0.657. The van der Waals surface area contributed by atoms with Crippen LogP contribution in [0.1, 0.15) is 68.5 Å². The van der Waals surface area contributed by atoms with Crippen LogP contribution in [0.4, 0.5) is 5.95 Å². The van der Waals surface area contributed by atoms with Crippen LogP contribution >= 0.6 is 0 Å². The molecule has 0 radical (unpaired) electrons. The molecule has 6 nitrogen and oxygen atoms in total. The topological polar surface area (TPSA) is 73.6 Å². The first-order valence-corrected chi connectivity index (χ1v) is 11.9. The molecule has 1 aliphatic heterocycles. The predicted molar refractivity (Wildman–Crippen MR) is 120 cm³/mol. The van der Waals surface area contributed by atoms with Crippen LogP contribution in [-0.4, -0.2) is 51.2 Å². The van der Waals surface area contributed by atoms with Crippen molar-refractivity contribution in [3.8, 4) is 0 Å². The Hall–Kier alpha value is -1.63. The molecule has 2 aromatic rings. The van der Waals surface area contributed by atoms with Gasteiger partial charge in [-0.3, -0.25) is 5.32 Å². The third-order valence-corrected chi connectivity index (χ3v) is 7.86. The van der Waals surface area contributed by atoms with Gasteiger partial charge in [0.2, 0.25) is 5.95 Å². The average molecular weight is 413 g/mol. The zero-order valence-electron chi connectivity index (χ0n) is 18.3. The lowest BCUT2D eigenvalue weighted by atomic mass is 9.92. The number of benzene rings is 1. The number of hydrogen-bond acceptors (Lipinski definition) is 5. The number of imidazole rings is 1. The van der Waals surface area contributed by atoms with E-state index in [-0.39, 0.29) is 18.1 Å². The summed E-state index contributed by atoms with van der Waals surface area (Å²) in [5.41, 5.74) is 5.02. The molecule has 30 heavy (non-hydrogen) atoms. The molecule has 1 aromatic carbocycles. The second-order valence-electron chi connectivity index (χ2n) is 9.83. The number of aryl methyl sites for hydroxylation is 2. The molecule has 5 rings (SSSR count). The van der Waals surface area contributed by atoms with E-state index in [0.717, 1.165) is 56.7 Å². The van der Waals surface area contributed by atoms with Gasteiger partial charge in [-0.15, -0.1) is 0 Å². The first-order chi connectivity index (χ1) is 14.5. The maximum absolute atomic E-state index is 10.7. The van der Waals surface area contributed by atoms with E-state index in [2.05, 4.69) is 40.8 Å². The summed E-state index contributed by atoms with van der Waals surface area (Å²) in [6, 6.07) is 5.16. The van der Waals surface area contributed by atoms with Crippen LogP contribution in [0.15, 0.2) is 12.1 Å². The Morgan fingerprint density at radius 3 is 2.33 bits per heavy atom. The van der Waals surface area contributed by atoms with E-state index in [1.165, 1.54) is 35.9 Å². The molecule has 0 spiro atoms. The lowest BCUT2D eigenvalue weighted by Gasteiger charge is -2.38. The molecule has 2 heterocycles. The van der Waals surface area contributed by atoms with Crippen LogP contribution in [0.2, 0.25) is 0 Å². The van der Waals surface area contributed by atoms with Gasteiger partial charge in [0.25, 0.3) is 0 Å². The molecule has 164 valence electrons. The highest BCUT2D eigenvalue weighted by Crippen LogP contribution is 2.39. The highest BCUT2D eigenvalue weighted by molar-refractivity contribution is 5.81. The Labute approximate surface area is 179 Å². The molecule has 3 N–H and O–H groups in total. The predicted octanol–water partition coefficient (Wildman–Crippen LogP) is 3.42. The Bertz CT molecular complexity index is 898. The van der Waals surface area contributed by atoms with Crippen LogP contribution in [0.3, 0.4) is 0 Å². The van der Waals surface area contributed by atoms with Crippen molar-refractivity contribution in [2.75, 3.05) is 18.0 Å². The van der Waals surface area contributed by atoms with Gasteiger partial charge in [0.1, 0.15) is 6.23 Å². The maximum atomic E-state index is 10.7. The van der Waals surface area contributed by atoms with Crippen molar-refractivity contribution in [1.82, 2.24) is 14.9 Å². The molecule has 1 saturated heterocycles. The van der Waals surface area contributed by atoms with Crippen LogP contribution in [-0.2, 0) is 0 Å². The lowest BCUT2D eigenvalue weighted by Crippen LogP contribution is -2.49. The Morgan fingerprint density at radius 2 is 1.70 bits per heavy atom. The standard InChI is InChI=1S/C24H36N4O2/c1-15-13-20-21(14-16(15)2)28(18-5-3-6-18)24(26-20)27-11-9-17(10-12-27)23(30)25-19-7-4-8-22(19)29/h13-14,17-19,22-23,25,29-30H,3-12H2,1-2H3/t19-,22-,23?/m1/s1. The molecule has 0 bridgehead atoms. The van der Waals surface area contributed by atoms with E-state index in [4.69, 9.17) is 4.98 Å². The van der Waals surface area contributed by atoms with E-state index in [1.807, 2.05) is 0 Å². The molecule has 2 aliphatic carbocycles. The third-order valence-electron chi connectivity index (χ3n) is 7.86. The molecule has 3 fully saturated rings. The summed E-state index contributed by atoms with van der Waals surface area (Å²) in [5, 5.41) is 24.1. The van der Waals surface area contributed by atoms with Gasteiger partial charge in [0.15, 0.2) is 0 Å². The van der Waals surface area contributed by atoms with Crippen LogP contribution < -0.4 is 10.2 Å². The van der Waals surface area contributed by atoms with E-state index >= 15 is 0 Å². The number of aromatic nitrogens is 2. The van der Waals surface area contributed by atoms with E-state index < -0.39 is 6.23 Å². The first-order valence-electron chi connectivity index (χ1n) is 11.9. The number of rotatable bonds is 5. The Kier molecular flexibility index (Phi) is 5.50. The zero-order chi connectivity index (χ0) is 20.8. The highest BCUT2D eigenvalue weighted by Gasteiger charge is 2.33. The third kappa shape index (κ3) is 3.63. The molecule has 1 unspecified atom stereocenters. The van der Waals surface area contributed by atoms with Gasteiger partial charge in [0.05, 0.1) is 17.1 Å². The summed E-state index contributed by atoms with van der Waals surface area (Å²) >= 11 is 0. The van der Waals surface area contributed by atoms with Gasteiger partial charge in [0, 0.05) is 31.1 Å². The number of hydrogen-bond donors (Lipinski definition) is 3. The number of anilines is 1. The van der Waals surface area contributed by atoms with E-state index in [9.17, 15) is 10.2 Å². The summed E-state index contributed by atoms with van der Waals surface area (Å²) in [4.78, 5) is 7.51. The van der Waals surface area contributed by atoms with Gasteiger partial charge in [-0.1, -0.05) is 0 Å². The van der Waals surface area contributed by atoms with Gasteiger partial charge in [-0.25, -0.2) is 4.98 Å². The number of piperidine rings is 1. The van der Waals surface area contributed by atoms with Gasteiger partial charge in [-0.2, -0.15) is 0 Å². The van der Waals surface area contributed by atoms with Crippen molar-refractivity contribution in [3.63, 3.8) is 0 Å². The second-order valence-corrected chi connectivity index (χ2v) is 9.83. The Morgan fingerprint density at radius 1 is 1.00 bits per heavy atom. The maximum Gasteiger partial charge on any atom is 0.206 e. The molecule has 3 atom stereocenters. The van der Waals surface area contributed by atoms with Crippen molar-refractivity contribution >= 4 is 17.0 Å². The summed E-state index contributed by atoms with van der Waals surface area (Å²) in [6.07, 6.45) is 7.70. The van der Waals surface area contributed by atoms with Crippen molar-refractivity contribution < 1.29 is 10.2 Å². The van der Waals surface area contributed by atoms with E-state index in [0.29, 0.717) is 6.04 Å². The fraction of sp³-hybridized carbons (Fsp3) is 0.708. The molecule has 1 aromatic heterocycles. The van der Waals surface area contributed by atoms with Crippen molar-refractivity contribution in [3.05, 3.63) is 23.3 Å². The van der Waals surface area contributed by atoms with Crippen molar-refractivity contribution in [2.45, 2.75) is 89.6 Å². The number of nitrogens with one attached hydrogen (secondary N) is 1. The minimum Gasteiger partial charge on any atom is -0.392 e. The number of aliphatic hydroxyl groups excluding tert-OH is 2. The minimum absolute atomic E-state index is 0.0484. The monoisotopic (exact) mass is 412 g/mol. The average Bonchev–Trinajstić information content (AvgIpc) is 3.25. The molecule has 6 heteroatoms. The van der Waals surface area contributed by atoms with Crippen LogP contribution in [0.5, 0.6) is 0 Å². The smallest absolute Gasteiger partial charge is 0.206 e. The zero-order valence-corrected chi connectivity index (χ0v) is 18.3. The second kappa shape index (κ2) is 8.13. The Balaban J connectivity index is 1.32. The molecule has 2 saturated carbocycles. The lowest BCUT2D eigenvalue weighted by molar-refractivity contribution is 0.0303. The number of fused-ring (bicyclic) bond motifs is 1. The summed E-state index contributed by atoms with van der Waals surface area (Å²) in [7, 11) is 0. The molecular formula is C24H36N4O2. The molecular weight excluding hydrogens is 376 g/mol. The SMILES string of the molecule is Cc1cc2nc(N3CCC(C(O)N[C@@H]4CCC[C@H]4O)CC3)n(C3CCC3)c2cc1C. The fourth-order valence-electron chi connectivity index (χ4n) is 5.47. The first kappa shape index (κ1) is 20.3. The van der Waals surface area contributed by atoms with Crippen LogP contribution in [0.25, 0.3) is 11.0 Å². The van der Waals surface area contributed by atoms with Gasteiger partial charge < -0.3 is 19.7 Å². The number of nitrogens with zero attached hydrogens (tertiary/aromatic N) is 3. The van der Waals surface area contributed by atoms with Crippen molar-refractivity contribution in [1.29, 1.82) is 0 Å². The summed E-state index contributed by atoms with van der Waals surface area (Å²) < 4.78 is 2.50. The van der Waals surface area contributed by atoms with Crippen molar-refractivity contribution in [2.24, 2.45) is 5.92 Å². The van der Waals surface area contributed by atoms with E-state index in [1.54, 1.807) is 0 Å². The minimum atomic E-state index is -0.527. The molecule has 3 aliphatic rings. The van der Waals surface area contributed by atoms with Gasteiger partial charge in [-0.05, 0) is 88.5 Å². The summed E-state index contributed by atoms with van der Waals surface area (Å²) in [5.74, 6) is 1.35. The molecule has 0 amide bonds. The fourth-order valence-corrected chi connectivity index (χ4v) is 5.47. The normalized spacial score (nSPS) is 27.0. The van der Waals surface area contributed by atoms with Crippen LogP contribution in [0, 0.1) is 19.8 Å². The number of aliphatic hydroxyl groups is 2. The largest absolute Gasteiger partial charge is 0.392 e. The summed E-state index contributed by atoms with van der Waals surface area (Å²) in [6.45, 7) is 6.20. The van der Waals surface area contributed by atoms with Gasteiger partial charge >= 0.3 is 0 Å².